The minimum Gasteiger partial charge on any atom is -0.379 e. The van der Waals surface area contributed by atoms with E-state index in [0.29, 0.717) is 6.61 Å². The fraction of sp³-hybridized carbons (Fsp3) is 1.00. The maximum Gasteiger partial charge on any atom is 0.107 e. The van der Waals surface area contributed by atoms with E-state index in [-0.39, 0.29) is 12.2 Å². The summed E-state index contributed by atoms with van der Waals surface area (Å²) in [4.78, 5) is 0. The third-order valence-corrected chi connectivity index (χ3v) is 2.29. The van der Waals surface area contributed by atoms with E-state index < -0.39 is 0 Å². The number of ether oxygens (including phenoxy) is 3. The molecular weight excluding hydrogens is 192 g/mol. The molecule has 3 nitrogen and oxygen atoms in total. The van der Waals surface area contributed by atoms with Gasteiger partial charge in [-0.2, -0.15) is 0 Å². The van der Waals surface area contributed by atoms with Crippen molar-refractivity contribution < 1.29 is 14.2 Å². The summed E-state index contributed by atoms with van der Waals surface area (Å²) in [5.41, 5.74) is 0. The van der Waals surface area contributed by atoms with Crippen molar-refractivity contribution in [2.24, 2.45) is 0 Å². The first kappa shape index (κ1) is 14.9. The van der Waals surface area contributed by atoms with E-state index in [0.717, 1.165) is 32.5 Å². The number of methoxy groups -OCH3 is 1. The van der Waals surface area contributed by atoms with E-state index in [4.69, 9.17) is 14.2 Å². The Labute approximate surface area is 94.1 Å². The molecule has 3 heteroatoms. The van der Waals surface area contributed by atoms with Crippen LogP contribution in [0.3, 0.4) is 0 Å². The van der Waals surface area contributed by atoms with Gasteiger partial charge < -0.3 is 14.2 Å². The average molecular weight is 218 g/mol. The van der Waals surface area contributed by atoms with Gasteiger partial charge in [0.05, 0.1) is 12.7 Å². The van der Waals surface area contributed by atoms with Gasteiger partial charge in [-0.1, -0.05) is 20.8 Å². The van der Waals surface area contributed by atoms with Gasteiger partial charge in [0.25, 0.3) is 0 Å². The molecular formula is C12H26O3. The molecule has 15 heavy (non-hydrogen) atoms. The van der Waals surface area contributed by atoms with Gasteiger partial charge in [-0.05, 0) is 19.3 Å². The Kier molecular flexibility index (Phi) is 10.3. The summed E-state index contributed by atoms with van der Waals surface area (Å²) in [5.74, 6) is 0. The molecule has 0 fully saturated rings. The molecule has 2 atom stereocenters. The zero-order chi connectivity index (χ0) is 11.5. The van der Waals surface area contributed by atoms with Crippen LogP contribution in [0.15, 0.2) is 0 Å². The summed E-state index contributed by atoms with van der Waals surface area (Å²) in [6.07, 6.45) is 3.26. The third-order valence-electron chi connectivity index (χ3n) is 2.29. The smallest absolute Gasteiger partial charge is 0.107 e. The average Bonchev–Trinajstić information content (AvgIpc) is 2.26. The Morgan fingerprint density at radius 1 is 0.933 bits per heavy atom. The van der Waals surface area contributed by atoms with Crippen molar-refractivity contribution in [1.29, 1.82) is 0 Å². The molecule has 0 saturated carbocycles. The Morgan fingerprint density at radius 2 is 1.60 bits per heavy atom. The van der Waals surface area contributed by atoms with Gasteiger partial charge in [0.15, 0.2) is 0 Å². The van der Waals surface area contributed by atoms with Crippen molar-refractivity contribution in [3.63, 3.8) is 0 Å². The van der Waals surface area contributed by atoms with Crippen LogP contribution < -0.4 is 0 Å². The SMILES string of the molecule is CCCOCC(OCCC)C(CC)OC. The largest absolute Gasteiger partial charge is 0.379 e. The lowest BCUT2D eigenvalue weighted by molar-refractivity contribution is -0.0929. The monoisotopic (exact) mass is 218 g/mol. The second kappa shape index (κ2) is 10.4. The standard InChI is InChI=1S/C12H26O3/c1-5-8-14-10-12(15-9-6-2)11(7-3)13-4/h11-12H,5-10H2,1-4H3. The molecule has 2 unspecified atom stereocenters. The van der Waals surface area contributed by atoms with Crippen LogP contribution in [0.2, 0.25) is 0 Å². The first-order valence-corrected chi connectivity index (χ1v) is 6.02. The summed E-state index contributed by atoms with van der Waals surface area (Å²) in [7, 11) is 1.73. The Bertz CT molecular complexity index is 124. The maximum absolute atomic E-state index is 5.73. The Balaban J connectivity index is 3.91. The minimum absolute atomic E-state index is 0.0755. The molecule has 0 aromatic rings. The highest BCUT2D eigenvalue weighted by atomic mass is 16.6. The Hall–Kier alpha value is -0.120. The first-order chi connectivity index (χ1) is 7.29. The molecule has 0 heterocycles. The van der Waals surface area contributed by atoms with Crippen LogP contribution >= 0.6 is 0 Å². The van der Waals surface area contributed by atoms with Crippen molar-refractivity contribution in [2.75, 3.05) is 26.9 Å². The lowest BCUT2D eigenvalue weighted by Crippen LogP contribution is -2.35. The molecule has 0 bridgehead atoms. The van der Waals surface area contributed by atoms with E-state index in [2.05, 4.69) is 20.8 Å². The molecule has 0 N–H and O–H groups in total. The van der Waals surface area contributed by atoms with Gasteiger partial charge >= 0.3 is 0 Å². The fourth-order valence-corrected chi connectivity index (χ4v) is 1.46. The number of hydrogen-bond donors (Lipinski definition) is 0. The number of rotatable bonds is 10. The molecule has 0 saturated heterocycles. The van der Waals surface area contributed by atoms with Crippen LogP contribution in [0.5, 0.6) is 0 Å². The summed E-state index contributed by atoms with van der Waals surface area (Å²) < 4.78 is 16.6. The lowest BCUT2D eigenvalue weighted by atomic mass is 10.1. The van der Waals surface area contributed by atoms with Crippen LogP contribution in [0.25, 0.3) is 0 Å². The zero-order valence-corrected chi connectivity index (χ0v) is 10.6. The quantitative estimate of drug-likeness (QED) is 0.528. The second-order valence-electron chi connectivity index (χ2n) is 3.67. The molecule has 0 aromatic heterocycles. The third kappa shape index (κ3) is 6.88. The maximum atomic E-state index is 5.73. The van der Waals surface area contributed by atoms with Gasteiger partial charge in [0, 0.05) is 20.3 Å². The normalized spacial score (nSPS) is 15.2. The van der Waals surface area contributed by atoms with Crippen molar-refractivity contribution in [3.8, 4) is 0 Å². The summed E-state index contributed by atoms with van der Waals surface area (Å²) in [5, 5.41) is 0. The molecule has 0 aliphatic carbocycles. The van der Waals surface area contributed by atoms with Gasteiger partial charge in [0.2, 0.25) is 0 Å². The van der Waals surface area contributed by atoms with E-state index in [1.807, 2.05) is 0 Å². The molecule has 0 radical (unpaired) electrons. The van der Waals surface area contributed by atoms with Crippen LogP contribution in [-0.4, -0.2) is 39.1 Å². The van der Waals surface area contributed by atoms with Crippen molar-refractivity contribution in [1.82, 2.24) is 0 Å². The topological polar surface area (TPSA) is 27.7 Å². The highest BCUT2D eigenvalue weighted by molar-refractivity contribution is 4.68. The van der Waals surface area contributed by atoms with Gasteiger partial charge in [-0.25, -0.2) is 0 Å². The number of hydrogen-bond acceptors (Lipinski definition) is 3. The molecule has 92 valence electrons. The molecule has 0 aliphatic rings. The van der Waals surface area contributed by atoms with E-state index in [1.54, 1.807) is 7.11 Å². The molecule has 0 aliphatic heterocycles. The first-order valence-electron chi connectivity index (χ1n) is 6.02. The summed E-state index contributed by atoms with van der Waals surface area (Å²) >= 11 is 0. The van der Waals surface area contributed by atoms with Crippen LogP contribution in [-0.2, 0) is 14.2 Å². The van der Waals surface area contributed by atoms with E-state index in [9.17, 15) is 0 Å². The zero-order valence-electron chi connectivity index (χ0n) is 10.6. The van der Waals surface area contributed by atoms with Gasteiger partial charge in [-0.3, -0.25) is 0 Å². The highest BCUT2D eigenvalue weighted by Gasteiger charge is 2.20. The molecule has 0 spiro atoms. The highest BCUT2D eigenvalue weighted by Crippen LogP contribution is 2.09. The van der Waals surface area contributed by atoms with Crippen LogP contribution in [0, 0.1) is 0 Å². The van der Waals surface area contributed by atoms with Gasteiger partial charge in [-0.15, -0.1) is 0 Å². The van der Waals surface area contributed by atoms with Crippen molar-refractivity contribution in [2.45, 2.75) is 52.2 Å². The van der Waals surface area contributed by atoms with Crippen LogP contribution in [0.1, 0.15) is 40.0 Å². The lowest BCUT2D eigenvalue weighted by Gasteiger charge is -2.25. The molecule has 0 rings (SSSR count). The van der Waals surface area contributed by atoms with Crippen LogP contribution in [0.4, 0.5) is 0 Å². The molecule has 0 amide bonds. The van der Waals surface area contributed by atoms with Crippen molar-refractivity contribution in [3.05, 3.63) is 0 Å². The predicted molar refractivity (Wildman–Crippen MR) is 62.2 cm³/mol. The Morgan fingerprint density at radius 3 is 2.07 bits per heavy atom. The predicted octanol–water partition coefficient (Wildman–Crippen LogP) is 2.63. The van der Waals surface area contributed by atoms with Gasteiger partial charge in [0.1, 0.15) is 6.10 Å². The fourth-order valence-electron chi connectivity index (χ4n) is 1.46. The molecule has 0 aromatic carbocycles. The summed E-state index contributed by atoms with van der Waals surface area (Å²) in [6, 6.07) is 0. The summed E-state index contributed by atoms with van der Waals surface area (Å²) in [6.45, 7) is 8.54. The minimum atomic E-state index is 0.0755. The second-order valence-corrected chi connectivity index (χ2v) is 3.67. The van der Waals surface area contributed by atoms with E-state index in [1.165, 1.54) is 0 Å². The van der Waals surface area contributed by atoms with E-state index >= 15 is 0 Å². The van der Waals surface area contributed by atoms with Crippen molar-refractivity contribution >= 4 is 0 Å².